The summed E-state index contributed by atoms with van der Waals surface area (Å²) in [6, 6.07) is 5.10. The minimum absolute atomic E-state index is 0.185. The first kappa shape index (κ1) is 15.5. The molecule has 0 fully saturated rings. The lowest BCUT2D eigenvalue weighted by atomic mass is 10.1. The second-order valence-electron chi connectivity index (χ2n) is 6.17. The van der Waals surface area contributed by atoms with Gasteiger partial charge in [-0.3, -0.25) is 4.79 Å². The first-order valence-corrected chi connectivity index (χ1v) is 8.41. The summed E-state index contributed by atoms with van der Waals surface area (Å²) in [6.45, 7) is 0. The Kier molecular flexibility index (Phi) is 3.56. The molecule has 0 aliphatic carbocycles. The molecule has 0 atom stereocenters. The summed E-state index contributed by atoms with van der Waals surface area (Å²) >= 11 is 0. The fraction of sp³-hybridized carbons (Fsp3) is 0.167. The van der Waals surface area contributed by atoms with Gasteiger partial charge in [-0.2, -0.15) is 0 Å². The van der Waals surface area contributed by atoms with Crippen LogP contribution < -0.4 is 5.56 Å². The molecule has 0 aromatic carbocycles. The monoisotopic (exact) mass is 359 g/mol. The molecule has 0 spiro atoms. The quantitative estimate of drug-likeness (QED) is 0.586. The number of fused-ring (bicyclic) bond motifs is 2. The Morgan fingerprint density at radius 3 is 3.00 bits per heavy atom. The Morgan fingerprint density at radius 2 is 2.07 bits per heavy atom. The van der Waals surface area contributed by atoms with E-state index in [1.807, 2.05) is 6.07 Å². The number of nitrogens with one attached hydrogen (secondary N) is 1. The lowest BCUT2D eigenvalue weighted by molar-refractivity contribution is 0.382. The molecule has 4 aromatic rings. The van der Waals surface area contributed by atoms with Gasteiger partial charge in [-0.15, -0.1) is 0 Å². The van der Waals surface area contributed by atoms with Gasteiger partial charge in [0.25, 0.3) is 0 Å². The number of aromatic amines is 1. The van der Waals surface area contributed by atoms with Crippen molar-refractivity contribution in [2.75, 3.05) is 0 Å². The van der Waals surface area contributed by atoms with E-state index in [0.29, 0.717) is 30.6 Å². The molecule has 132 valence electrons. The summed E-state index contributed by atoms with van der Waals surface area (Å²) in [5.41, 5.74) is 4.39. The Bertz CT molecular complexity index is 1240. The van der Waals surface area contributed by atoms with Crippen LogP contribution in [-0.4, -0.2) is 35.8 Å². The lowest BCUT2D eigenvalue weighted by Crippen LogP contribution is -2.06. The van der Waals surface area contributed by atoms with Gasteiger partial charge in [0.15, 0.2) is 0 Å². The number of rotatable bonds is 4. The Morgan fingerprint density at radius 1 is 1.11 bits per heavy atom. The van der Waals surface area contributed by atoms with Gasteiger partial charge in [-0.25, -0.2) is 24.9 Å². The van der Waals surface area contributed by atoms with Crippen LogP contribution in [0.25, 0.3) is 11.0 Å². The lowest BCUT2D eigenvalue weighted by Gasteiger charge is -2.02. The maximum Gasteiger partial charge on any atom is 0.249 e. The van der Waals surface area contributed by atoms with Gasteiger partial charge in [-0.05, 0) is 12.5 Å². The summed E-state index contributed by atoms with van der Waals surface area (Å²) in [5.74, 6) is 0.742. The van der Waals surface area contributed by atoms with Crippen molar-refractivity contribution < 1.29 is 4.52 Å². The summed E-state index contributed by atoms with van der Waals surface area (Å²) in [7, 11) is 0. The minimum atomic E-state index is -0.185. The van der Waals surface area contributed by atoms with Crippen molar-refractivity contribution in [1.82, 2.24) is 30.1 Å². The average Bonchev–Trinajstić information content (AvgIpc) is 3.32. The third-order valence-electron chi connectivity index (χ3n) is 4.44. The molecule has 5 rings (SSSR count). The fourth-order valence-electron chi connectivity index (χ4n) is 3.10. The summed E-state index contributed by atoms with van der Waals surface area (Å²) < 4.78 is 5.46. The molecular weight excluding hydrogens is 346 g/mol. The number of aliphatic imine (C=N–C) groups is 1. The zero-order valence-corrected chi connectivity index (χ0v) is 14.1. The molecule has 1 N–H and O–H groups in total. The van der Waals surface area contributed by atoms with E-state index < -0.39 is 0 Å². The van der Waals surface area contributed by atoms with E-state index in [4.69, 9.17) is 4.52 Å². The van der Waals surface area contributed by atoms with E-state index in [1.54, 1.807) is 12.3 Å². The molecule has 1 aliphatic rings. The van der Waals surface area contributed by atoms with Gasteiger partial charge < -0.3 is 9.51 Å². The topological polar surface area (TPSA) is 123 Å². The van der Waals surface area contributed by atoms with Crippen LogP contribution in [0.15, 0.2) is 51.4 Å². The largest absolute Gasteiger partial charge is 0.361 e. The molecule has 0 saturated carbocycles. The fourth-order valence-corrected chi connectivity index (χ4v) is 3.10. The molecule has 4 aromatic heterocycles. The standard InChI is InChI=1S/C18H13N7O2/c26-17-4-2-11-12(21-9-22-18(11)24-17)3-1-10-5-15(25-27-10)14-6-13-16(23-14)7-19-8-20-13/h2,4-5,7-9H,1,3,6H2,(H,21,22,24,26). The van der Waals surface area contributed by atoms with Crippen LogP contribution in [-0.2, 0) is 19.3 Å². The molecule has 0 saturated heterocycles. The molecule has 27 heavy (non-hydrogen) atoms. The first-order valence-electron chi connectivity index (χ1n) is 8.41. The highest BCUT2D eigenvalue weighted by molar-refractivity contribution is 6.04. The second kappa shape index (κ2) is 6.20. The van der Waals surface area contributed by atoms with Crippen LogP contribution >= 0.6 is 0 Å². The van der Waals surface area contributed by atoms with Crippen molar-refractivity contribution in [3.05, 3.63) is 70.2 Å². The predicted octanol–water partition coefficient (Wildman–Crippen LogP) is 1.56. The molecule has 5 heterocycles. The minimum Gasteiger partial charge on any atom is -0.361 e. The van der Waals surface area contributed by atoms with E-state index in [0.717, 1.165) is 33.9 Å². The molecule has 0 unspecified atom stereocenters. The van der Waals surface area contributed by atoms with Crippen molar-refractivity contribution in [2.45, 2.75) is 19.3 Å². The molecule has 9 nitrogen and oxygen atoms in total. The van der Waals surface area contributed by atoms with E-state index >= 15 is 0 Å². The van der Waals surface area contributed by atoms with Crippen LogP contribution in [0, 0.1) is 0 Å². The van der Waals surface area contributed by atoms with Gasteiger partial charge in [0.05, 0.1) is 23.3 Å². The highest BCUT2D eigenvalue weighted by Gasteiger charge is 2.20. The number of pyridine rings is 1. The van der Waals surface area contributed by atoms with Gasteiger partial charge in [-0.1, -0.05) is 5.16 Å². The normalized spacial score (nSPS) is 13.0. The zero-order valence-electron chi connectivity index (χ0n) is 14.1. The molecule has 0 amide bonds. The summed E-state index contributed by atoms with van der Waals surface area (Å²) in [4.78, 5) is 35.3. The van der Waals surface area contributed by atoms with Crippen molar-refractivity contribution in [3.8, 4) is 0 Å². The SMILES string of the molecule is O=c1ccc2c(CCc3cc(C4=Nc5cncnc5C4)no3)ncnc2[nH]1. The Balaban J connectivity index is 1.35. The molecule has 9 heteroatoms. The molecule has 0 radical (unpaired) electrons. The molecule has 1 aliphatic heterocycles. The third kappa shape index (κ3) is 2.88. The van der Waals surface area contributed by atoms with E-state index in [-0.39, 0.29) is 5.56 Å². The maximum absolute atomic E-state index is 11.4. The number of nitrogens with zero attached hydrogens (tertiary/aromatic N) is 6. The second-order valence-corrected chi connectivity index (χ2v) is 6.17. The average molecular weight is 359 g/mol. The van der Waals surface area contributed by atoms with Crippen LogP contribution in [0.1, 0.15) is 22.8 Å². The number of H-pyrrole nitrogens is 1. The number of hydrogen-bond acceptors (Lipinski definition) is 8. The van der Waals surface area contributed by atoms with Crippen molar-refractivity contribution >= 4 is 22.4 Å². The summed E-state index contributed by atoms with van der Waals surface area (Å²) in [5, 5.41) is 4.96. The van der Waals surface area contributed by atoms with Gasteiger partial charge >= 0.3 is 0 Å². The Hall–Kier alpha value is -3.75. The van der Waals surface area contributed by atoms with Crippen LogP contribution in [0.5, 0.6) is 0 Å². The highest BCUT2D eigenvalue weighted by Crippen LogP contribution is 2.25. The Labute approximate surface area is 152 Å². The van der Waals surface area contributed by atoms with Gasteiger partial charge in [0, 0.05) is 30.4 Å². The third-order valence-corrected chi connectivity index (χ3v) is 4.44. The van der Waals surface area contributed by atoms with Crippen molar-refractivity contribution in [2.24, 2.45) is 4.99 Å². The number of hydrogen-bond donors (Lipinski definition) is 1. The van der Waals surface area contributed by atoms with Crippen LogP contribution in [0.2, 0.25) is 0 Å². The van der Waals surface area contributed by atoms with Gasteiger partial charge in [0.2, 0.25) is 5.56 Å². The van der Waals surface area contributed by atoms with E-state index in [2.05, 4.69) is 35.1 Å². The molecule has 0 bridgehead atoms. The van der Waals surface area contributed by atoms with Crippen LogP contribution in [0.4, 0.5) is 5.69 Å². The van der Waals surface area contributed by atoms with Crippen molar-refractivity contribution in [3.63, 3.8) is 0 Å². The number of aryl methyl sites for hydroxylation is 2. The van der Waals surface area contributed by atoms with E-state index in [9.17, 15) is 4.79 Å². The van der Waals surface area contributed by atoms with Crippen molar-refractivity contribution in [1.29, 1.82) is 0 Å². The predicted molar refractivity (Wildman–Crippen MR) is 96.0 cm³/mol. The van der Waals surface area contributed by atoms with Gasteiger partial charge in [0.1, 0.15) is 35.4 Å². The first-order chi connectivity index (χ1) is 13.3. The molecular formula is C18H13N7O2. The van der Waals surface area contributed by atoms with E-state index in [1.165, 1.54) is 18.7 Å². The number of aromatic nitrogens is 6. The smallest absolute Gasteiger partial charge is 0.249 e. The maximum atomic E-state index is 11.4. The van der Waals surface area contributed by atoms with Crippen LogP contribution in [0.3, 0.4) is 0 Å². The highest BCUT2D eigenvalue weighted by atomic mass is 16.5. The zero-order chi connectivity index (χ0) is 18.2. The summed E-state index contributed by atoms with van der Waals surface area (Å²) in [6.07, 6.45) is 6.54.